The standard InChI is InChI=1S/C32H37F3N4O7/c1-20(2)39(22-10-6-14-37(18-22)30(43)44)27(40)23-16-25-26(17-24(23)32(33,34)35)46-31(11-7-12-31)28(41)38(25)15-13-36-29(42)45-19-21-8-4-3-5-9-21/h3-5,8-9,16-17,20,22H,6-7,10-15,18-19H2,1-2H3,(H,36,42)(H,43,44)/t22-/m1/s1. The van der Waals surface area contributed by atoms with Crippen LogP contribution in [-0.2, 0) is 22.3 Å². The SMILES string of the molecule is CC(C)N(C(=O)c1cc2c(cc1C(F)(F)F)OC1(CCC1)C(=O)N2CCNC(=O)OCc1ccccc1)[C@@H]1CCCN(C(=O)O)C1. The lowest BCUT2D eigenvalue weighted by molar-refractivity contribution is -0.143. The fourth-order valence-electron chi connectivity index (χ4n) is 6.28. The maximum absolute atomic E-state index is 14.5. The largest absolute Gasteiger partial charge is 0.475 e. The van der Waals surface area contributed by atoms with E-state index in [4.69, 9.17) is 9.47 Å². The first-order valence-corrected chi connectivity index (χ1v) is 15.3. The lowest BCUT2D eigenvalue weighted by Crippen LogP contribution is -2.61. The van der Waals surface area contributed by atoms with Crippen LogP contribution in [0, 0.1) is 0 Å². The molecule has 2 aliphatic heterocycles. The fraction of sp³-hybridized carbons (Fsp3) is 0.500. The molecule has 1 spiro atoms. The molecule has 5 rings (SSSR count). The molecule has 2 heterocycles. The molecule has 2 aromatic rings. The molecule has 11 nitrogen and oxygen atoms in total. The number of nitrogens with one attached hydrogen (secondary N) is 1. The number of fused-ring (bicyclic) bond motifs is 1. The van der Waals surface area contributed by atoms with Gasteiger partial charge in [-0.3, -0.25) is 9.59 Å². The van der Waals surface area contributed by atoms with Crippen LogP contribution in [0.3, 0.4) is 0 Å². The Morgan fingerprint density at radius 1 is 1.15 bits per heavy atom. The molecule has 4 amide bonds. The first kappa shape index (κ1) is 32.9. The van der Waals surface area contributed by atoms with Crippen LogP contribution >= 0.6 is 0 Å². The van der Waals surface area contributed by atoms with E-state index in [1.165, 1.54) is 9.80 Å². The minimum absolute atomic E-state index is 0.0159. The number of alkyl halides is 3. The predicted octanol–water partition coefficient (Wildman–Crippen LogP) is 5.27. The highest BCUT2D eigenvalue weighted by Gasteiger charge is 2.53. The molecule has 1 aliphatic carbocycles. The van der Waals surface area contributed by atoms with Crippen molar-refractivity contribution in [2.24, 2.45) is 0 Å². The second kappa shape index (κ2) is 13.1. The summed E-state index contributed by atoms with van der Waals surface area (Å²) in [6.45, 7) is 3.38. The van der Waals surface area contributed by atoms with E-state index in [1.54, 1.807) is 38.1 Å². The molecule has 46 heavy (non-hydrogen) atoms. The van der Waals surface area contributed by atoms with E-state index in [0.717, 1.165) is 22.6 Å². The number of nitrogens with zero attached hydrogens (tertiary/aromatic N) is 3. The number of piperidine rings is 1. The van der Waals surface area contributed by atoms with E-state index in [0.29, 0.717) is 32.1 Å². The number of likely N-dealkylation sites (tertiary alicyclic amines) is 1. The zero-order chi connectivity index (χ0) is 33.2. The summed E-state index contributed by atoms with van der Waals surface area (Å²) >= 11 is 0. The van der Waals surface area contributed by atoms with Crippen molar-refractivity contribution in [3.8, 4) is 5.75 Å². The van der Waals surface area contributed by atoms with Crippen LogP contribution in [0.25, 0.3) is 0 Å². The Labute approximate surface area is 264 Å². The minimum atomic E-state index is -4.94. The quantitative estimate of drug-likeness (QED) is 0.400. The second-order valence-corrected chi connectivity index (χ2v) is 12.1. The van der Waals surface area contributed by atoms with E-state index in [9.17, 15) is 37.5 Å². The summed E-state index contributed by atoms with van der Waals surface area (Å²) in [4.78, 5) is 55.4. The molecular formula is C32H37F3N4O7. The molecule has 1 saturated heterocycles. The average molecular weight is 647 g/mol. The van der Waals surface area contributed by atoms with Crippen LogP contribution in [0.15, 0.2) is 42.5 Å². The number of amides is 4. The molecule has 0 bridgehead atoms. The predicted molar refractivity (Wildman–Crippen MR) is 160 cm³/mol. The van der Waals surface area contributed by atoms with Gasteiger partial charge in [-0.05, 0) is 63.6 Å². The summed E-state index contributed by atoms with van der Waals surface area (Å²) in [6.07, 6.45) is -4.68. The van der Waals surface area contributed by atoms with Crippen molar-refractivity contribution >= 4 is 29.7 Å². The van der Waals surface area contributed by atoms with Gasteiger partial charge in [-0.25, -0.2) is 9.59 Å². The van der Waals surface area contributed by atoms with Gasteiger partial charge < -0.3 is 34.6 Å². The van der Waals surface area contributed by atoms with Crippen LogP contribution < -0.4 is 15.0 Å². The Hall–Kier alpha value is -4.49. The third-order valence-corrected chi connectivity index (χ3v) is 8.70. The number of hydrogen-bond donors (Lipinski definition) is 2. The number of carboxylic acid groups (broad SMARTS) is 1. The number of alkyl carbamates (subject to hydrolysis) is 1. The Balaban J connectivity index is 1.44. The van der Waals surface area contributed by atoms with Gasteiger partial charge in [0.05, 0.1) is 22.9 Å². The first-order chi connectivity index (χ1) is 21.8. The molecule has 3 aliphatic rings. The second-order valence-electron chi connectivity index (χ2n) is 12.1. The van der Waals surface area contributed by atoms with Gasteiger partial charge in [-0.15, -0.1) is 0 Å². The number of ether oxygens (including phenoxy) is 2. The average Bonchev–Trinajstić information content (AvgIpc) is 2.99. The number of hydrogen-bond acceptors (Lipinski definition) is 6. The monoisotopic (exact) mass is 646 g/mol. The molecular weight excluding hydrogens is 609 g/mol. The third kappa shape index (κ3) is 6.70. The van der Waals surface area contributed by atoms with Gasteiger partial charge in [-0.2, -0.15) is 13.2 Å². The van der Waals surface area contributed by atoms with Crippen LogP contribution in [0.5, 0.6) is 5.75 Å². The number of carbonyl (C=O) groups is 4. The smallest absolute Gasteiger partial charge is 0.417 e. The van der Waals surface area contributed by atoms with Gasteiger partial charge in [0, 0.05) is 32.2 Å². The van der Waals surface area contributed by atoms with Gasteiger partial charge in [-0.1, -0.05) is 30.3 Å². The first-order valence-electron chi connectivity index (χ1n) is 15.3. The number of carbonyl (C=O) groups excluding carboxylic acids is 3. The van der Waals surface area contributed by atoms with Gasteiger partial charge in [0.1, 0.15) is 12.4 Å². The summed E-state index contributed by atoms with van der Waals surface area (Å²) in [5, 5.41) is 12.1. The van der Waals surface area contributed by atoms with Gasteiger partial charge in [0.2, 0.25) is 0 Å². The Kier molecular flexibility index (Phi) is 9.36. The van der Waals surface area contributed by atoms with Crippen molar-refractivity contribution in [3.63, 3.8) is 0 Å². The Bertz CT molecular complexity index is 1480. The number of halogens is 3. The highest BCUT2D eigenvalue weighted by atomic mass is 19.4. The summed E-state index contributed by atoms with van der Waals surface area (Å²) in [7, 11) is 0. The van der Waals surface area contributed by atoms with Crippen LogP contribution in [-0.4, -0.2) is 82.8 Å². The van der Waals surface area contributed by atoms with Crippen molar-refractivity contribution in [2.45, 2.75) is 76.4 Å². The molecule has 2 N–H and O–H groups in total. The normalized spacial score (nSPS) is 18.8. The fourth-order valence-corrected chi connectivity index (χ4v) is 6.28. The lowest BCUT2D eigenvalue weighted by Gasteiger charge is -2.47. The van der Waals surface area contributed by atoms with Crippen molar-refractivity contribution in [1.29, 1.82) is 0 Å². The van der Waals surface area contributed by atoms with Crippen LogP contribution in [0.4, 0.5) is 28.4 Å². The topological polar surface area (TPSA) is 129 Å². The molecule has 2 fully saturated rings. The lowest BCUT2D eigenvalue weighted by atomic mass is 9.77. The molecule has 2 aromatic carbocycles. The van der Waals surface area contributed by atoms with E-state index in [1.807, 2.05) is 6.07 Å². The van der Waals surface area contributed by atoms with Crippen LogP contribution in [0.2, 0.25) is 0 Å². The summed E-state index contributed by atoms with van der Waals surface area (Å²) < 4.78 is 54.8. The molecule has 14 heteroatoms. The number of anilines is 1. The maximum atomic E-state index is 14.5. The van der Waals surface area contributed by atoms with Gasteiger partial charge >= 0.3 is 18.4 Å². The highest BCUT2D eigenvalue weighted by molar-refractivity contribution is 6.06. The van der Waals surface area contributed by atoms with Crippen molar-refractivity contribution in [1.82, 2.24) is 15.1 Å². The van der Waals surface area contributed by atoms with Gasteiger partial charge in [0.15, 0.2) is 5.60 Å². The third-order valence-electron chi connectivity index (χ3n) is 8.70. The number of benzene rings is 2. The Morgan fingerprint density at radius 2 is 1.87 bits per heavy atom. The Morgan fingerprint density at radius 3 is 2.48 bits per heavy atom. The van der Waals surface area contributed by atoms with Crippen LogP contribution in [0.1, 0.15) is 67.4 Å². The molecule has 248 valence electrons. The van der Waals surface area contributed by atoms with Crippen molar-refractivity contribution < 1.29 is 46.9 Å². The minimum Gasteiger partial charge on any atom is -0.475 e. The number of rotatable bonds is 8. The summed E-state index contributed by atoms with van der Waals surface area (Å²) in [6, 6.07) is 9.62. The maximum Gasteiger partial charge on any atom is 0.417 e. The summed E-state index contributed by atoms with van der Waals surface area (Å²) in [5.74, 6) is -1.57. The van der Waals surface area contributed by atoms with Crippen molar-refractivity contribution in [3.05, 3.63) is 59.2 Å². The molecule has 0 radical (unpaired) electrons. The highest BCUT2D eigenvalue weighted by Crippen LogP contribution is 2.49. The molecule has 0 unspecified atom stereocenters. The van der Waals surface area contributed by atoms with E-state index in [2.05, 4.69) is 5.32 Å². The van der Waals surface area contributed by atoms with Gasteiger partial charge in [0.25, 0.3) is 11.8 Å². The molecule has 1 saturated carbocycles. The van der Waals surface area contributed by atoms with Crippen molar-refractivity contribution in [2.75, 3.05) is 31.1 Å². The van der Waals surface area contributed by atoms with E-state index in [-0.39, 0.29) is 44.2 Å². The van der Waals surface area contributed by atoms with E-state index < -0.39 is 59.0 Å². The molecule has 0 aromatic heterocycles. The zero-order valence-corrected chi connectivity index (χ0v) is 25.6. The molecule has 1 atom stereocenters. The zero-order valence-electron chi connectivity index (χ0n) is 25.6. The summed E-state index contributed by atoms with van der Waals surface area (Å²) in [5.41, 5.74) is -2.44. The van der Waals surface area contributed by atoms with E-state index >= 15 is 0 Å².